The van der Waals surface area contributed by atoms with E-state index in [2.05, 4.69) is 24.4 Å². The van der Waals surface area contributed by atoms with Gasteiger partial charge in [-0.3, -0.25) is 0 Å². The van der Waals surface area contributed by atoms with Crippen LogP contribution in [0.5, 0.6) is 11.5 Å². The zero-order valence-corrected chi connectivity index (χ0v) is 23.6. The fourth-order valence-corrected chi connectivity index (χ4v) is 5.86. The number of hydrogen-bond donors (Lipinski definition) is 1. The highest BCUT2D eigenvalue weighted by atomic mass is 32.2. The highest BCUT2D eigenvalue weighted by molar-refractivity contribution is 7.98. The first-order valence-corrected chi connectivity index (χ1v) is 14.7. The number of benzene rings is 2. The fourth-order valence-electron chi connectivity index (χ4n) is 5.07. The van der Waals surface area contributed by atoms with Crippen LogP contribution >= 0.6 is 11.8 Å². The van der Waals surface area contributed by atoms with E-state index in [9.17, 15) is 4.79 Å². The standard InChI is InChI=1S/C30H36N4O4S/c1-4-17-37-24-16-15-22(18-25(24)36-3)27-26(28(35)38-23-13-9-6-10-14-23)20(2)31-29-32-30(33-34(27)29)39-19-21-11-7-5-8-12-21/h5,7-8,11-12,15-16,18,23,27H,4,6,9-10,13-14,17,19H2,1-3H3,(H,31,32,33). The van der Waals surface area contributed by atoms with Gasteiger partial charge in [-0.25, -0.2) is 9.48 Å². The molecule has 8 nitrogen and oxygen atoms in total. The Kier molecular flexibility index (Phi) is 8.76. The second-order valence-electron chi connectivity index (χ2n) is 9.93. The molecule has 9 heteroatoms. The first-order chi connectivity index (χ1) is 19.1. The minimum Gasteiger partial charge on any atom is -0.493 e. The number of aromatic nitrogens is 3. The second-order valence-corrected chi connectivity index (χ2v) is 10.9. The smallest absolute Gasteiger partial charge is 0.338 e. The third-order valence-electron chi connectivity index (χ3n) is 7.05. The van der Waals surface area contributed by atoms with Gasteiger partial charge in [-0.05, 0) is 62.3 Å². The zero-order chi connectivity index (χ0) is 27.2. The maximum Gasteiger partial charge on any atom is 0.338 e. The van der Waals surface area contributed by atoms with E-state index in [0.29, 0.717) is 40.5 Å². The third kappa shape index (κ3) is 6.24. The normalized spacial score (nSPS) is 17.4. The molecule has 2 aromatic carbocycles. The summed E-state index contributed by atoms with van der Waals surface area (Å²) in [6.07, 6.45) is 6.01. The van der Waals surface area contributed by atoms with Crippen molar-refractivity contribution in [1.29, 1.82) is 0 Å². The summed E-state index contributed by atoms with van der Waals surface area (Å²) in [4.78, 5) is 18.5. The lowest BCUT2D eigenvalue weighted by molar-refractivity contribution is -0.146. The zero-order valence-electron chi connectivity index (χ0n) is 22.8. The summed E-state index contributed by atoms with van der Waals surface area (Å²) < 4.78 is 19.4. The molecule has 1 aromatic heterocycles. The summed E-state index contributed by atoms with van der Waals surface area (Å²) in [6.45, 7) is 4.55. The van der Waals surface area contributed by atoms with Crippen LogP contribution in [-0.2, 0) is 15.3 Å². The first-order valence-electron chi connectivity index (χ1n) is 13.7. The van der Waals surface area contributed by atoms with Crippen molar-refractivity contribution < 1.29 is 19.0 Å². The van der Waals surface area contributed by atoms with Crippen LogP contribution in [0.4, 0.5) is 5.95 Å². The lowest BCUT2D eigenvalue weighted by Crippen LogP contribution is -2.32. The average molecular weight is 549 g/mol. The molecule has 1 N–H and O–H groups in total. The SMILES string of the molecule is CCCOc1ccc(C2C(C(=O)OC3CCCCC3)=C(C)Nc3nc(SCc4ccccc4)nn32)cc1OC. The van der Waals surface area contributed by atoms with Crippen molar-refractivity contribution in [3.05, 3.63) is 70.9 Å². The highest BCUT2D eigenvalue weighted by Crippen LogP contribution is 2.40. The molecule has 0 radical (unpaired) electrons. The van der Waals surface area contributed by atoms with Gasteiger partial charge < -0.3 is 19.5 Å². The Morgan fingerprint density at radius 2 is 1.90 bits per heavy atom. The molecule has 5 rings (SSSR count). The van der Waals surface area contributed by atoms with Crippen molar-refractivity contribution in [3.8, 4) is 11.5 Å². The Morgan fingerprint density at radius 1 is 1.10 bits per heavy atom. The van der Waals surface area contributed by atoms with Gasteiger partial charge in [-0.15, -0.1) is 5.10 Å². The molecule has 2 heterocycles. The highest BCUT2D eigenvalue weighted by Gasteiger charge is 2.37. The van der Waals surface area contributed by atoms with Crippen molar-refractivity contribution in [2.45, 2.75) is 75.4 Å². The first kappa shape index (κ1) is 27.1. The van der Waals surface area contributed by atoms with Gasteiger partial charge in [-0.2, -0.15) is 4.98 Å². The lowest BCUT2D eigenvalue weighted by atomic mass is 9.94. The van der Waals surface area contributed by atoms with Crippen molar-refractivity contribution in [3.63, 3.8) is 0 Å². The van der Waals surface area contributed by atoms with E-state index in [-0.39, 0.29) is 12.1 Å². The van der Waals surface area contributed by atoms with Gasteiger partial charge in [0.2, 0.25) is 11.1 Å². The topological polar surface area (TPSA) is 87.5 Å². The van der Waals surface area contributed by atoms with E-state index in [0.717, 1.165) is 43.4 Å². The number of allylic oxidation sites excluding steroid dienone is 1. The number of fused-ring (bicyclic) bond motifs is 1. The quantitative estimate of drug-likeness (QED) is 0.226. The molecule has 3 aromatic rings. The van der Waals surface area contributed by atoms with Crippen LogP contribution in [0, 0.1) is 0 Å². The fraction of sp³-hybridized carbons (Fsp3) is 0.433. The van der Waals surface area contributed by atoms with E-state index in [1.165, 1.54) is 12.0 Å². The van der Waals surface area contributed by atoms with Gasteiger partial charge in [0.05, 0.1) is 19.3 Å². The minimum absolute atomic E-state index is 0.0549. The van der Waals surface area contributed by atoms with Crippen LogP contribution < -0.4 is 14.8 Å². The Morgan fingerprint density at radius 3 is 2.64 bits per heavy atom. The molecule has 1 saturated carbocycles. The van der Waals surface area contributed by atoms with E-state index in [1.807, 2.05) is 43.3 Å². The molecule has 0 saturated heterocycles. The van der Waals surface area contributed by atoms with Crippen LogP contribution in [-0.4, -0.2) is 40.6 Å². The summed E-state index contributed by atoms with van der Waals surface area (Å²) in [5.41, 5.74) is 3.28. The Balaban J connectivity index is 1.49. The van der Waals surface area contributed by atoms with Crippen molar-refractivity contribution in [1.82, 2.24) is 14.8 Å². The van der Waals surface area contributed by atoms with Gasteiger partial charge in [0.25, 0.3) is 0 Å². The lowest BCUT2D eigenvalue weighted by Gasteiger charge is -2.30. The number of carbonyl (C=O) groups is 1. The molecule has 1 aliphatic carbocycles. The number of anilines is 1. The summed E-state index contributed by atoms with van der Waals surface area (Å²) in [5, 5.41) is 8.81. The third-order valence-corrected chi connectivity index (χ3v) is 7.96. The van der Waals surface area contributed by atoms with Gasteiger partial charge in [0.1, 0.15) is 12.1 Å². The largest absolute Gasteiger partial charge is 0.493 e. The molecule has 1 unspecified atom stereocenters. The molecule has 206 valence electrons. The summed E-state index contributed by atoms with van der Waals surface area (Å²) >= 11 is 1.56. The van der Waals surface area contributed by atoms with Crippen LogP contribution in [0.2, 0.25) is 0 Å². The van der Waals surface area contributed by atoms with E-state index in [1.54, 1.807) is 23.6 Å². The minimum atomic E-state index is -0.523. The molecular weight excluding hydrogens is 512 g/mol. The number of ether oxygens (including phenoxy) is 3. The number of rotatable bonds is 10. The Labute approximate surface area is 234 Å². The van der Waals surface area contributed by atoms with Gasteiger partial charge in [0.15, 0.2) is 11.5 Å². The van der Waals surface area contributed by atoms with Crippen LogP contribution in [0.15, 0.2) is 65.0 Å². The number of methoxy groups -OCH3 is 1. The molecule has 2 aliphatic rings. The summed E-state index contributed by atoms with van der Waals surface area (Å²) in [7, 11) is 1.62. The van der Waals surface area contributed by atoms with Crippen molar-refractivity contribution in [2.24, 2.45) is 0 Å². The molecular formula is C30H36N4O4S. The molecule has 39 heavy (non-hydrogen) atoms. The molecule has 1 aliphatic heterocycles. The van der Waals surface area contributed by atoms with Crippen molar-refractivity contribution >= 4 is 23.7 Å². The molecule has 1 atom stereocenters. The maximum atomic E-state index is 13.7. The number of esters is 1. The van der Waals surface area contributed by atoms with Gasteiger partial charge in [0, 0.05) is 11.4 Å². The molecule has 0 amide bonds. The van der Waals surface area contributed by atoms with Gasteiger partial charge in [-0.1, -0.05) is 61.5 Å². The average Bonchev–Trinajstić information content (AvgIpc) is 3.37. The van der Waals surface area contributed by atoms with E-state index >= 15 is 0 Å². The maximum absolute atomic E-state index is 13.7. The molecule has 1 fully saturated rings. The van der Waals surface area contributed by atoms with Crippen LogP contribution in [0.3, 0.4) is 0 Å². The van der Waals surface area contributed by atoms with Crippen molar-refractivity contribution in [2.75, 3.05) is 19.0 Å². The predicted octanol–water partition coefficient (Wildman–Crippen LogP) is 6.53. The predicted molar refractivity (Wildman–Crippen MR) is 152 cm³/mol. The Hall–Kier alpha value is -3.46. The van der Waals surface area contributed by atoms with Gasteiger partial charge >= 0.3 is 5.97 Å². The van der Waals surface area contributed by atoms with E-state index < -0.39 is 6.04 Å². The summed E-state index contributed by atoms with van der Waals surface area (Å²) in [5.74, 6) is 2.30. The monoisotopic (exact) mass is 548 g/mol. The molecule has 0 bridgehead atoms. The number of carbonyl (C=O) groups excluding carboxylic acids is 1. The second kappa shape index (κ2) is 12.6. The van der Waals surface area contributed by atoms with E-state index in [4.69, 9.17) is 24.3 Å². The Bertz CT molecular complexity index is 1320. The number of nitrogens with zero attached hydrogens (tertiary/aromatic N) is 3. The van der Waals surface area contributed by atoms with Crippen LogP contribution in [0.1, 0.15) is 69.5 Å². The molecule has 0 spiro atoms. The van der Waals surface area contributed by atoms with Crippen LogP contribution in [0.25, 0.3) is 0 Å². The number of hydrogen-bond acceptors (Lipinski definition) is 8. The number of thioether (sulfide) groups is 1. The number of nitrogens with one attached hydrogen (secondary N) is 1. The summed E-state index contributed by atoms with van der Waals surface area (Å²) in [6, 6.07) is 15.5.